The highest BCUT2D eigenvalue weighted by Gasteiger charge is 2.10. The first-order chi connectivity index (χ1) is 8.65. The molecule has 0 saturated heterocycles. The van der Waals surface area contributed by atoms with E-state index in [0.717, 1.165) is 23.5 Å². The number of nitrogens with zero attached hydrogens (tertiary/aromatic N) is 1. The van der Waals surface area contributed by atoms with Gasteiger partial charge in [0, 0.05) is 35.8 Å². The van der Waals surface area contributed by atoms with Crippen LogP contribution in [0.5, 0.6) is 0 Å². The number of methoxy groups -OCH3 is 1. The first kappa shape index (κ1) is 13.4. The van der Waals surface area contributed by atoms with E-state index in [-0.39, 0.29) is 6.10 Å². The lowest BCUT2D eigenvalue weighted by Gasteiger charge is -2.11. The minimum Gasteiger partial charge on any atom is -0.380 e. The zero-order valence-electron chi connectivity index (χ0n) is 10.8. The van der Waals surface area contributed by atoms with E-state index in [9.17, 15) is 0 Å². The quantitative estimate of drug-likeness (QED) is 0.904. The molecule has 2 N–H and O–H groups in total. The number of hydrogen-bond acceptors (Lipinski definition) is 2. The summed E-state index contributed by atoms with van der Waals surface area (Å²) in [4.78, 5) is 0. The van der Waals surface area contributed by atoms with E-state index < -0.39 is 0 Å². The van der Waals surface area contributed by atoms with Crippen molar-refractivity contribution in [1.82, 2.24) is 4.57 Å². The zero-order valence-corrected chi connectivity index (χ0v) is 11.6. The summed E-state index contributed by atoms with van der Waals surface area (Å²) < 4.78 is 7.52. The van der Waals surface area contributed by atoms with Gasteiger partial charge < -0.3 is 15.0 Å². The molecule has 3 nitrogen and oxygen atoms in total. The summed E-state index contributed by atoms with van der Waals surface area (Å²) in [6.07, 6.45) is 3.21. The highest BCUT2D eigenvalue weighted by atomic mass is 35.5. The number of benzene rings is 1. The van der Waals surface area contributed by atoms with Crippen LogP contribution in [0, 0.1) is 0 Å². The predicted octanol–water partition coefficient (Wildman–Crippen LogP) is 2.83. The van der Waals surface area contributed by atoms with Crippen molar-refractivity contribution in [2.24, 2.45) is 5.73 Å². The molecular formula is C14H19ClN2O. The highest BCUT2D eigenvalue weighted by Crippen LogP contribution is 2.25. The standard InChI is InChI=1S/C14H19ClN2O/c1-10(18-2)8-17-9-11(5-6-16)13-4-3-12(15)7-14(13)17/h3-4,7,9-10H,5-6,8,16H2,1-2H3. The van der Waals surface area contributed by atoms with Gasteiger partial charge in [0.25, 0.3) is 0 Å². The van der Waals surface area contributed by atoms with Crippen LogP contribution >= 0.6 is 11.6 Å². The molecule has 0 radical (unpaired) electrons. The smallest absolute Gasteiger partial charge is 0.0722 e. The summed E-state index contributed by atoms with van der Waals surface area (Å²) in [5.74, 6) is 0. The first-order valence-corrected chi connectivity index (χ1v) is 6.53. The lowest BCUT2D eigenvalue weighted by Crippen LogP contribution is -2.13. The van der Waals surface area contributed by atoms with Crippen molar-refractivity contribution in [3.8, 4) is 0 Å². The Morgan fingerprint density at radius 3 is 2.89 bits per heavy atom. The molecule has 18 heavy (non-hydrogen) atoms. The van der Waals surface area contributed by atoms with E-state index in [0.29, 0.717) is 6.54 Å². The van der Waals surface area contributed by atoms with Gasteiger partial charge in [0.1, 0.15) is 0 Å². The molecule has 0 aliphatic carbocycles. The number of rotatable bonds is 5. The van der Waals surface area contributed by atoms with Crippen molar-refractivity contribution in [3.63, 3.8) is 0 Å². The molecule has 1 aromatic carbocycles. The maximum Gasteiger partial charge on any atom is 0.0722 e. The van der Waals surface area contributed by atoms with Crippen molar-refractivity contribution >= 4 is 22.5 Å². The molecule has 1 unspecified atom stereocenters. The summed E-state index contributed by atoms with van der Waals surface area (Å²) in [6.45, 7) is 3.53. The lowest BCUT2D eigenvalue weighted by molar-refractivity contribution is 0.104. The molecule has 0 fully saturated rings. The van der Waals surface area contributed by atoms with Crippen LogP contribution in [0.25, 0.3) is 10.9 Å². The third-order valence-electron chi connectivity index (χ3n) is 3.20. The normalized spacial score (nSPS) is 13.1. The first-order valence-electron chi connectivity index (χ1n) is 6.16. The van der Waals surface area contributed by atoms with Gasteiger partial charge in [-0.2, -0.15) is 0 Å². The fourth-order valence-corrected chi connectivity index (χ4v) is 2.36. The number of hydrogen-bond donors (Lipinski definition) is 1. The molecule has 1 aromatic heterocycles. The Morgan fingerprint density at radius 2 is 2.22 bits per heavy atom. The van der Waals surface area contributed by atoms with Crippen molar-refractivity contribution in [2.75, 3.05) is 13.7 Å². The highest BCUT2D eigenvalue weighted by molar-refractivity contribution is 6.31. The summed E-state index contributed by atoms with van der Waals surface area (Å²) >= 11 is 6.08. The molecular weight excluding hydrogens is 248 g/mol. The van der Waals surface area contributed by atoms with Crippen molar-refractivity contribution in [1.29, 1.82) is 0 Å². The molecule has 0 amide bonds. The second-order valence-electron chi connectivity index (χ2n) is 4.55. The van der Waals surface area contributed by atoms with Crippen LogP contribution in [0.2, 0.25) is 5.02 Å². The minimum atomic E-state index is 0.172. The van der Waals surface area contributed by atoms with Crippen LogP contribution in [0.15, 0.2) is 24.4 Å². The topological polar surface area (TPSA) is 40.2 Å². The molecule has 0 spiro atoms. The Balaban J connectivity index is 2.47. The van der Waals surface area contributed by atoms with E-state index >= 15 is 0 Å². The second kappa shape index (κ2) is 5.74. The van der Waals surface area contributed by atoms with Gasteiger partial charge in [-0.15, -0.1) is 0 Å². The van der Waals surface area contributed by atoms with Crippen LogP contribution < -0.4 is 5.73 Å². The summed E-state index contributed by atoms with van der Waals surface area (Å²) in [5.41, 5.74) is 8.08. The Hall–Kier alpha value is -1.03. The van der Waals surface area contributed by atoms with Crippen LogP contribution in [0.3, 0.4) is 0 Å². The van der Waals surface area contributed by atoms with Gasteiger partial charge in [-0.05, 0) is 37.6 Å². The molecule has 0 aliphatic rings. The summed E-state index contributed by atoms with van der Waals surface area (Å²) in [5, 5.41) is 1.99. The average molecular weight is 267 g/mol. The van der Waals surface area contributed by atoms with Crippen molar-refractivity contribution in [2.45, 2.75) is 26.0 Å². The molecule has 1 heterocycles. The van der Waals surface area contributed by atoms with Gasteiger partial charge in [0.15, 0.2) is 0 Å². The second-order valence-corrected chi connectivity index (χ2v) is 4.99. The molecule has 2 rings (SSSR count). The molecule has 4 heteroatoms. The summed E-state index contributed by atoms with van der Waals surface area (Å²) in [6, 6.07) is 5.99. The van der Waals surface area contributed by atoms with Gasteiger partial charge in [-0.3, -0.25) is 0 Å². The Morgan fingerprint density at radius 1 is 1.44 bits per heavy atom. The third kappa shape index (κ3) is 2.69. The molecule has 1 atom stereocenters. The maximum absolute atomic E-state index is 6.08. The van der Waals surface area contributed by atoms with Crippen LogP contribution in [0.4, 0.5) is 0 Å². The zero-order chi connectivity index (χ0) is 13.1. The van der Waals surface area contributed by atoms with Crippen molar-refractivity contribution in [3.05, 3.63) is 35.0 Å². The van der Waals surface area contributed by atoms with Crippen LogP contribution in [-0.2, 0) is 17.7 Å². The fourth-order valence-electron chi connectivity index (χ4n) is 2.20. The summed E-state index contributed by atoms with van der Waals surface area (Å²) in [7, 11) is 1.73. The van der Waals surface area contributed by atoms with E-state index in [1.807, 2.05) is 12.1 Å². The molecule has 98 valence electrons. The van der Waals surface area contributed by atoms with Gasteiger partial charge >= 0.3 is 0 Å². The largest absolute Gasteiger partial charge is 0.380 e. The molecule has 2 aromatic rings. The Labute approximate surface area is 112 Å². The monoisotopic (exact) mass is 266 g/mol. The van der Waals surface area contributed by atoms with E-state index in [1.54, 1.807) is 7.11 Å². The van der Waals surface area contributed by atoms with E-state index in [2.05, 4.69) is 23.8 Å². The number of fused-ring (bicyclic) bond motifs is 1. The predicted molar refractivity (Wildman–Crippen MR) is 76.2 cm³/mol. The minimum absolute atomic E-state index is 0.172. The SMILES string of the molecule is COC(C)Cn1cc(CCN)c2ccc(Cl)cc21. The molecule has 0 saturated carbocycles. The van der Waals surface area contributed by atoms with Crippen LogP contribution in [0.1, 0.15) is 12.5 Å². The number of halogens is 1. The van der Waals surface area contributed by atoms with E-state index in [1.165, 1.54) is 10.9 Å². The van der Waals surface area contributed by atoms with Gasteiger partial charge in [0.05, 0.1) is 6.10 Å². The molecule has 0 aliphatic heterocycles. The van der Waals surface area contributed by atoms with Crippen molar-refractivity contribution < 1.29 is 4.74 Å². The van der Waals surface area contributed by atoms with Crippen LogP contribution in [-0.4, -0.2) is 24.3 Å². The Bertz CT molecular complexity index is 536. The average Bonchev–Trinajstić information content (AvgIpc) is 2.67. The number of aromatic nitrogens is 1. The van der Waals surface area contributed by atoms with E-state index in [4.69, 9.17) is 22.1 Å². The molecule has 0 bridgehead atoms. The number of nitrogens with two attached hydrogens (primary N) is 1. The van der Waals surface area contributed by atoms with Gasteiger partial charge in [-0.25, -0.2) is 0 Å². The third-order valence-corrected chi connectivity index (χ3v) is 3.43. The lowest BCUT2D eigenvalue weighted by atomic mass is 10.1. The Kier molecular flexibility index (Phi) is 4.27. The maximum atomic E-state index is 6.08. The van der Waals surface area contributed by atoms with Gasteiger partial charge in [0.2, 0.25) is 0 Å². The number of ether oxygens (including phenoxy) is 1. The van der Waals surface area contributed by atoms with Gasteiger partial charge in [-0.1, -0.05) is 17.7 Å². The fraction of sp³-hybridized carbons (Fsp3) is 0.429.